The smallest absolute Gasteiger partial charge is 0.255 e. The molecule has 1 N–H and O–H groups in total. The molecule has 13 heteroatoms. The highest BCUT2D eigenvalue weighted by Gasteiger charge is 2.49. The number of methoxy groups -OCH3 is 2. The molecule has 6 rings (SSSR count). The van der Waals surface area contributed by atoms with E-state index in [9.17, 15) is 4.79 Å². The summed E-state index contributed by atoms with van der Waals surface area (Å²) in [5.74, 6) is -0.879. The average molecular weight is 550 g/mol. The number of fused-ring (bicyclic) bond motifs is 1. The Balaban J connectivity index is 1.27. The van der Waals surface area contributed by atoms with Crippen LogP contribution in [-0.2, 0) is 36.5 Å². The number of amides is 1. The highest BCUT2D eigenvalue weighted by atomic mass is 19.1. The molecule has 4 aromatic rings. The summed E-state index contributed by atoms with van der Waals surface area (Å²) in [5.41, 5.74) is 3.77. The number of rotatable bonds is 9. The SMILES string of the molecule is COc1ccc(-n2cc(C)nn2)c(CNC(=O)c2cn(Cc3cc4n(n3)CCN(C)C4)nc2C2(OC)CC2)c1F. The number of nitrogens with zero attached hydrogens (tertiary/aromatic N) is 8. The van der Waals surface area contributed by atoms with E-state index >= 15 is 4.39 Å². The summed E-state index contributed by atoms with van der Waals surface area (Å²) in [4.78, 5) is 15.8. The average Bonchev–Trinajstić information content (AvgIpc) is 3.21. The number of hydrogen-bond donors (Lipinski definition) is 1. The van der Waals surface area contributed by atoms with E-state index in [-0.39, 0.29) is 23.8 Å². The Bertz CT molecular complexity index is 1570. The predicted octanol–water partition coefficient (Wildman–Crippen LogP) is 2.18. The molecule has 1 saturated carbocycles. The number of ether oxygens (including phenoxy) is 2. The van der Waals surface area contributed by atoms with Gasteiger partial charge in [-0.2, -0.15) is 10.2 Å². The molecule has 1 aliphatic heterocycles. The standard InChI is InChI=1S/C27H32FN9O3/c1-17-13-37(33-30-17)22-5-6-23(39-3)24(28)20(22)12-29-26(38)21-16-35(32-25(21)27(40-4)7-8-27)14-18-11-19-15-34(2)9-10-36(19)31-18/h5-6,11,13,16H,7-10,12,14-15H2,1-4H3,(H,29,38). The number of aryl methyl sites for hydroxylation is 1. The van der Waals surface area contributed by atoms with E-state index in [4.69, 9.17) is 19.7 Å². The summed E-state index contributed by atoms with van der Waals surface area (Å²) < 4.78 is 31.6. The molecule has 40 heavy (non-hydrogen) atoms. The molecule has 0 saturated heterocycles. The van der Waals surface area contributed by atoms with E-state index < -0.39 is 11.4 Å². The van der Waals surface area contributed by atoms with E-state index in [1.54, 1.807) is 37.2 Å². The third-order valence-electron chi connectivity index (χ3n) is 7.58. The second kappa shape index (κ2) is 10.1. The van der Waals surface area contributed by atoms with Gasteiger partial charge in [0.05, 0.1) is 54.7 Å². The van der Waals surface area contributed by atoms with Gasteiger partial charge in [-0.15, -0.1) is 5.10 Å². The molecular formula is C27H32FN9O3. The maximum Gasteiger partial charge on any atom is 0.255 e. The largest absolute Gasteiger partial charge is 0.494 e. The molecule has 12 nitrogen and oxygen atoms in total. The van der Waals surface area contributed by atoms with Crippen LogP contribution in [0.5, 0.6) is 5.75 Å². The van der Waals surface area contributed by atoms with E-state index in [2.05, 4.69) is 33.6 Å². The zero-order valence-electron chi connectivity index (χ0n) is 23.0. The second-order valence-corrected chi connectivity index (χ2v) is 10.4. The molecule has 1 amide bonds. The van der Waals surface area contributed by atoms with Crippen LogP contribution in [0.3, 0.4) is 0 Å². The minimum absolute atomic E-state index is 0.0728. The molecule has 1 fully saturated rings. The Kier molecular flexibility index (Phi) is 6.62. The number of aromatic nitrogens is 7. The first kappa shape index (κ1) is 26.1. The van der Waals surface area contributed by atoms with Gasteiger partial charge in [0.15, 0.2) is 11.6 Å². The van der Waals surface area contributed by atoms with Crippen molar-refractivity contribution in [3.8, 4) is 11.4 Å². The van der Waals surface area contributed by atoms with Crippen molar-refractivity contribution in [3.63, 3.8) is 0 Å². The van der Waals surface area contributed by atoms with Gasteiger partial charge < -0.3 is 14.8 Å². The van der Waals surface area contributed by atoms with Crippen LogP contribution in [0.25, 0.3) is 5.69 Å². The number of carbonyl (C=O) groups excluding carboxylic acids is 1. The molecule has 0 atom stereocenters. The van der Waals surface area contributed by atoms with Crippen molar-refractivity contribution in [3.05, 3.63) is 70.3 Å². The van der Waals surface area contributed by atoms with Gasteiger partial charge in [0.1, 0.15) is 11.3 Å². The normalized spacial score (nSPS) is 16.1. The van der Waals surface area contributed by atoms with Crippen LogP contribution in [0.1, 0.15) is 51.5 Å². The van der Waals surface area contributed by atoms with E-state index in [1.807, 2.05) is 4.68 Å². The van der Waals surface area contributed by atoms with Crippen LogP contribution in [0.4, 0.5) is 4.39 Å². The number of hydrogen-bond acceptors (Lipinski definition) is 8. The molecule has 4 heterocycles. The van der Waals surface area contributed by atoms with Gasteiger partial charge in [-0.05, 0) is 45.0 Å². The molecule has 0 spiro atoms. The topological polar surface area (TPSA) is 117 Å². The summed E-state index contributed by atoms with van der Waals surface area (Å²) in [5, 5.41) is 20.5. The van der Waals surface area contributed by atoms with Crippen molar-refractivity contribution < 1.29 is 18.7 Å². The highest BCUT2D eigenvalue weighted by molar-refractivity contribution is 5.95. The quantitative estimate of drug-likeness (QED) is 0.338. The maximum atomic E-state index is 15.4. The highest BCUT2D eigenvalue weighted by Crippen LogP contribution is 2.49. The minimum Gasteiger partial charge on any atom is -0.494 e. The van der Waals surface area contributed by atoms with Gasteiger partial charge in [0.25, 0.3) is 5.91 Å². The Morgan fingerprint density at radius 3 is 2.70 bits per heavy atom. The summed E-state index contributed by atoms with van der Waals surface area (Å²) in [6.07, 6.45) is 4.95. The number of benzene rings is 1. The molecular weight excluding hydrogens is 517 g/mol. The van der Waals surface area contributed by atoms with Crippen molar-refractivity contribution in [1.82, 2.24) is 44.8 Å². The molecule has 2 aliphatic rings. The first-order chi connectivity index (χ1) is 19.3. The van der Waals surface area contributed by atoms with Gasteiger partial charge in [-0.1, -0.05) is 5.21 Å². The third kappa shape index (κ3) is 4.75. The summed E-state index contributed by atoms with van der Waals surface area (Å²) in [6.45, 7) is 4.76. The maximum absolute atomic E-state index is 15.4. The zero-order chi connectivity index (χ0) is 28.0. The van der Waals surface area contributed by atoms with Crippen LogP contribution in [0.15, 0.2) is 30.6 Å². The fourth-order valence-corrected chi connectivity index (χ4v) is 5.22. The first-order valence-electron chi connectivity index (χ1n) is 13.2. The van der Waals surface area contributed by atoms with Crippen LogP contribution in [0, 0.1) is 12.7 Å². The molecule has 3 aromatic heterocycles. The molecule has 0 radical (unpaired) electrons. The first-order valence-corrected chi connectivity index (χ1v) is 13.2. The van der Waals surface area contributed by atoms with Crippen molar-refractivity contribution in [2.45, 2.75) is 51.5 Å². The van der Waals surface area contributed by atoms with Crippen molar-refractivity contribution >= 4 is 5.91 Å². The molecule has 1 aliphatic carbocycles. The Morgan fingerprint density at radius 1 is 1.18 bits per heavy atom. The molecule has 0 unspecified atom stereocenters. The van der Waals surface area contributed by atoms with E-state index in [0.29, 0.717) is 29.2 Å². The predicted molar refractivity (Wildman–Crippen MR) is 142 cm³/mol. The lowest BCUT2D eigenvalue weighted by molar-refractivity contribution is 0.0721. The second-order valence-electron chi connectivity index (χ2n) is 10.4. The van der Waals surface area contributed by atoms with Gasteiger partial charge in [-0.3, -0.25) is 19.1 Å². The van der Waals surface area contributed by atoms with Crippen LogP contribution >= 0.6 is 0 Å². The summed E-state index contributed by atoms with van der Waals surface area (Å²) in [7, 11) is 5.12. The molecule has 210 valence electrons. The lowest BCUT2D eigenvalue weighted by atomic mass is 10.1. The fraction of sp³-hybridized carbons (Fsp3) is 0.444. The van der Waals surface area contributed by atoms with Gasteiger partial charge in [0, 0.05) is 38.5 Å². The summed E-state index contributed by atoms with van der Waals surface area (Å²) in [6, 6.07) is 5.29. The lowest BCUT2D eigenvalue weighted by Gasteiger charge is -2.22. The van der Waals surface area contributed by atoms with Gasteiger partial charge in [-0.25, -0.2) is 9.07 Å². The molecule has 1 aromatic carbocycles. The Hall–Kier alpha value is -4.10. The van der Waals surface area contributed by atoms with Crippen LogP contribution in [0.2, 0.25) is 0 Å². The third-order valence-corrected chi connectivity index (χ3v) is 7.58. The van der Waals surface area contributed by atoms with Gasteiger partial charge >= 0.3 is 0 Å². The van der Waals surface area contributed by atoms with E-state index in [1.165, 1.54) is 17.9 Å². The van der Waals surface area contributed by atoms with Crippen molar-refractivity contribution in [1.29, 1.82) is 0 Å². The lowest BCUT2D eigenvalue weighted by Crippen LogP contribution is -2.30. The number of carbonyl (C=O) groups is 1. The van der Waals surface area contributed by atoms with E-state index in [0.717, 1.165) is 43.9 Å². The number of likely N-dealkylation sites (N-methyl/N-ethyl adjacent to an activating group) is 1. The summed E-state index contributed by atoms with van der Waals surface area (Å²) >= 11 is 0. The Morgan fingerprint density at radius 2 is 2.00 bits per heavy atom. The minimum atomic E-state index is -0.599. The number of nitrogens with one attached hydrogen (secondary N) is 1. The van der Waals surface area contributed by atoms with Crippen molar-refractivity contribution in [2.24, 2.45) is 0 Å². The fourth-order valence-electron chi connectivity index (χ4n) is 5.22. The van der Waals surface area contributed by atoms with Crippen LogP contribution < -0.4 is 10.1 Å². The zero-order valence-corrected chi connectivity index (χ0v) is 23.0. The van der Waals surface area contributed by atoms with Crippen LogP contribution in [-0.4, -0.2) is 73.2 Å². The Labute approximate surface area is 230 Å². The number of halogens is 1. The molecule has 0 bridgehead atoms. The monoisotopic (exact) mass is 549 g/mol. The van der Waals surface area contributed by atoms with Crippen molar-refractivity contribution in [2.75, 3.05) is 27.8 Å². The van der Waals surface area contributed by atoms with Gasteiger partial charge in [0.2, 0.25) is 0 Å².